The molecule has 3 aliphatic heterocycles. The number of aliphatic hydroxyl groups is 1. The molecule has 2 aromatic carbocycles. The number of hydrogen-bond acceptors (Lipinski definition) is 5. The van der Waals surface area contributed by atoms with Gasteiger partial charge in [0.15, 0.2) is 5.11 Å². The lowest BCUT2D eigenvalue weighted by atomic mass is 9.74. The topological polar surface area (TPSA) is 62.2 Å². The van der Waals surface area contributed by atoms with Crippen LogP contribution < -0.4 is 9.64 Å². The third kappa shape index (κ3) is 3.04. The maximum absolute atomic E-state index is 12.6. The number of rotatable bonds is 4. The molecule has 0 spiro atoms. The molecule has 4 fully saturated rings. The highest BCUT2D eigenvalue weighted by Gasteiger charge is 2.62. The highest BCUT2D eigenvalue weighted by molar-refractivity contribution is 7.80. The molecular formula is C22H21ClN2O4S. The Morgan fingerprint density at radius 3 is 2.53 bits per heavy atom. The molecule has 2 aromatic rings. The zero-order valence-corrected chi connectivity index (χ0v) is 17.8. The van der Waals surface area contributed by atoms with Crippen molar-refractivity contribution in [3.8, 4) is 5.75 Å². The van der Waals surface area contributed by atoms with Crippen molar-refractivity contribution in [1.82, 2.24) is 4.90 Å². The Labute approximate surface area is 184 Å². The number of ether oxygens (including phenoxy) is 2. The van der Waals surface area contributed by atoms with Gasteiger partial charge in [0.25, 0.3) is 0 Å². The lowest BCUT2D eigenvalue weighted by Gasteiger charge is -2.49. The molecule has 4 aliphatic rings. The lowest BCUT2D eigenvalue weighted by Crippen LogP contribution is -2.66. The largest absolute Gasteiger partial charge is 0.497 e. The summed E-state index contributed by atoms with van der Waals surface area (Å²) in [7, 11) is 1.63. The van der Waals surface area contributed by atoms with Gasteiger partial charge in [-0.2, -0.15) is 0 Å². The van der Waals surface area contributed by atoms with E-state index in [4.69, 9.17) is 33.3 Å². The number of carbonyl (C=O) groups is 1. The van der Waals surface area contributed by atoms with Crippen molar-refractivity contribution in [2.24, 2.45) is 5.92 Å². The van der Waals surface area contributed by atoms with Crippen molar-refractivity contribution in [1.29, 1.82) is 0 Å². The van der Waals surface area contributed by atoms with Gasteiger partial charge in [0, 0.05) is 17.3 Å². The van der Waals surface area contributed by atoms with Crippen molar-refractivity contribution in [3.63, 3.8) is 0 Å². The molecule has 1 saturated carbocycles. The predicted molar refractivity (Wildman–Crippen MR) is 117 cm³/mol. The molecule has 2 bridgehead atoms. The summed E-state index contributed by atoms with van der Waals surface area (Å²) in [5.41, 5.74) is 1.93. The molecule has 1 N–H and O–H groups in total. The van der Waals surface area contributed by atoms with Gasteiger partial charge in [0.1, 0.15) is 11.9 Å². The summed E-state index contributed by atoms with van der Waals surface area (Å²) in [4.78, 5) is 16.7. The zero-order chi connectivity index (χ0) is 21.0. The average Bonchev–Trinajstić information content (AvgIpc) is 3.03. The fourth-order valence-electron chi connectivity index (χ4n) is 4.87. The number of thiocarbonyl (C=S) groups is 1. The number of methoxy groups -OCH3 is 1. The highest BCUT2D eigenvalue weighted by Crippen LogP contribution is 2.46. The smallest absolute Gasteiger partial charge is 0.311 e. The van der Waals surface area contributed by atoms with Crippen molar-refractivity contribution in [3.05, 3.63) is 59.1 Å². The molecule has 0 amide bonds. The number of anilines is 1. The van der Waals surface area contributed by atoms with Crippen LogP contribution in [0.5, 0.6) is 5.75 Å². The third-order valence-electron chi connectivity index (χ3n) is 6.25. The van der Waals surface area contributed by atoms with Crippen LogP contribution in [-0.4, -0.2) is 52.5 Å². The van der Waals surface area contributed by atoms with E-state index in [9.17, 15) is 9.90 Å². The molecule has 0 radical (unpaired) electrons. The first kappa shape index (κ1) is 19.6. The predicted octanol–water partition coefficient (Wildman–Crippen LogP) is 3.00. The zero-order valence-electron chi connectivity index (χ0n) is 16.3. The van der Waals surface area contributed by atoms with Crippen LogP contribution in [0.15, 0.2) is 48.5 Å². The molecule has 3 saturated heterocycles. The quantitative estimate of drug-likeness (QED) is 0.574. The van der Waals surface area contributed by atoms with E-state index in [1.807, 2.05) is 53.4 Å². The Morgan fingerprint density at radius 2 is 1.87 bits per heavy atom. The number of esters is 1. The van der Waals surface area contributed by atoms with Crippen LogP contribution in [0.25, 0.3) is 0 Å². The number of benzene rings is 2. The number of carbonyl (C=O) groups excluding carboxylic acids is 1. The summed E-state index contributed by atoms with van der Waals surface area (Å²) in [5.74, 6) is 0.0774. The summed E-state index contributed by atoms with van der Waals surface area (Å²) in [6.45, 7) is 0.543. The van der Waals surface area contributed by atoms with E-state index in [0.717, 1.165) is 17.0 Å². The van der Waals surface area contributed by atoms with Gasteiger partial charge in [-0.05, 0) is 60.6 Å². The summed E-state index contributed by atoms with van der Waals surface area (Å²) in [6.07, 6.45) is -0.922. The van der Waals surface area contributed by atoms with Crippen LogP contribution in [0, 0.1) is 5.92 Å². The minimum Gasteiger partial charge on any atom is -0.497 e. The maximum atomic E-state index is 12.6. The van der Waals surface area contributed by atoms with Crippen LogP contribution >= 0.6 is 23.8 Å². The van der Waals surface area contributed by atoms with Gasteiger partial charge in [-0.1, -0.05) is 23.7 Å². The molecular weight excluding hydrogens is 424 g/mol. The lowest BCUT2D eigenvalue weighted by molar-refractivity contribution is -0.194. The number of fused-ring (bicyclic) bond motifs is 2. The van der Waals surface area contributed by atoms with E-state index in [2.05, 4.69) is 4.90 Å². The highest BCUT2D eigenvalue weighted by atomic mass is 35.5. The van der Waals surface area contributed by atoms with Gasteiger partial charge in [-0.3, -0.25) is 4.79 Å². The fourth-order valence-corrected chi connectivity index (χ4v) is 5.41. The SMILES string of the molecule is COc1ccc(CN2C(=S)N(c3ccc(Cl)cc3)C3C4CC(O)C(OC4=O)C32)cc1. The third-order valence-corrected chi connectivity index (χ3v) is 6.94. The summed E-state index contributed by atoms with van der Waals surface area (Å²) < 4.78 is 10.9. The standard InChI is InChI=1S/C22H21ClN2O4S/c1-28-15-8-2-12(3-9-15)11-24-19-18(16-10-17(26)20(19)29-21(16)27)25(22(24)30)14-6-4-13(23)5-7-14/h2-9,16-20,26H,10-11H2,1H3. The molecule has 0 aromatic heterocycles. The molecule has 156 valence electrons. The van der Waals surface area contributed by atoms with E-state index in [-0.39, 0.29) is 18.1 Å². The Hall–Kier alpha value is -2.35. The number of hydrogen-bond donors (Lipinski definition) is 1. The van der Waals surface area contributed by atoms with Crippen LogP contribution in [0.4, 0.5) is 5.69 Å². The van der Waals surface area contributed by atoms with Gasteiger partial charge in [0.05, 0.1) is 31.2 Å². The maximum Gasteiger partial charge on any atom is 0.311 e. The van der Waals surface area contributed by atoms with E-state index in [0.29, 0.717) is 23.1 Å². The minimum absolute atomic E-state index is 0.188. The minimum atomic E-state index is -0.694. The first-order valence-corrected chi connectivity index (χ1v) is 10.6. The molecule has 5 atom stereocenters. The molecule has 8 heteroatoms. The molecule has 6 nitrogen and oxygen atoms in total. The van der Waals surface area contributed by atoms with Crippen molar-refractivity contribution in [2.45, 2.75) is 37.3 Å². The Bertz CT molecular complexity index is 984. The number of nitrogens with zero attached hydrogens (tertiary/aromatic N) is 2. The average molecular weight is 445 g/mol. The first-order chi connectivity index (χ1) is 14.5. The van der Waals surface area contributed by atoms with Gasteiger partial charge in [-0.15, -0.1) is 0 Å². The molecule has 1 aliphatic carbocycles. The second-order valence-corrected chi connectivity index (χ2v) is 8.70. The van der Waals surface area contributed by atoms with E-state index in [1.165, 1.54) is 0 Å². The second kappa shape index (κ2) is 7.41. The van der Waals surface area contributed by atoms with Crippen LogP contribution in [0.2, 0.25) is 5.02 Å². The van der Waals surface area contributed by atoms with Crippen LogP contribution in [-0.2, 0) is 16.1 Å². The molecule has 6 rings (SSSR count). The van der Waals surface area contributed by atoms with E-state index in [1.54, 1.807) is 7.11 Å². The Morgan fingerprint density at radius 1 is 1.17 bits per heavy atom. The van der Waals surface area contributed by atoms with Gasteiger partial charge in [-0.25, -0.2) is 0 Å². The number of halogens is 1. The van der Waals surface area contributed by atoms with Crippen molar-refractivity contribution < 1.29 is 19.4 Å². The summed E-state index contributed by atoms with van der Waals surface area (Å²) >= 11 is 12.0. The molecule has 3 heterocycles. The van der Waals surface area contributed by atoms with Crippen molar-refractivity contribution >= 4 is 40.6 Å². The molecule has 30 heavy (non-hydrogen) atoms. The summed E-state index contributed by atoms with van der Waals surface area (Å²) in [6, 6.07) is 14.8. The van der Waals surface area contributed by atoms with Crippen molar-refractivity contribution in [2.75, 3.05) is 12.0 Å². The van der Waals surface area contributed by atoms with Crippen LogP contribution in [0.1, 0.15) is 12.0 Å². The first-order valence-electron chi connectivity index (χ1n) is 9.85. The van der Waals surface area contributed by atoms with E-state index < -0.39 is 18.1 Å². The van der Waals surface area contributed by atoms with Gasteiger partial charge < -0.3 is 24.4 Å². The second-order valence-electron chi connectivity index (χ2n) is 7.90. The van der Waals surface area contributed by atoms with Gasteiger partial charge >= 0.3 is 5.97 Å². The van der Waals surface area contributed by atoms with E-state index >= 15 is 0 Å². The normalized spacial score (nSPS) is 29.8. The Balaban J connectivity index is 1.54. The number of aliphatic hydroxyl groups excluding tert-OH is 1. The summed E-state index contributed by atoms with van der Waals surface area (Å²) in [5, 5.41) is 11.8. The fraction of sp³-hybridized carbons (Fsp3) is 0.364. The van der Waals surface area contributed by atoms with Crippen LogP contribution in [0.3, 0.4) is 0 Å². The van der Waals surface area contributed by atoms with Gasteiger partial charge in [0.2, 0.25) is 0 Å². The monoisotopic (exact) mass is 444 g/mol. The molecule has 5 unspecified atom stereocenters. The Kier molecular flexibility index (Phi) is 4.84.